The van der Waals surface area contributed by atoms with Gasteiger partial charge in [-0.15, -0.1) is 11.8 Å². The number of benzene rings is 2. The van der Waals surface area contributed by atoms with Crippen LogP contribution in [0, 0.1) is 10.1 Å². The SMILES string of the molecule is CSc1ccc(CNC(=O)c2cc([N+](=O)[O-])ccc2NC2CCC(O)CC2)cc1. The van der Waals surface area contributed by atoms with Crippen LogP contribution in [0.2, 0.25) is 0 Å². The first kappa shape index (κ1) is 21.1. The number of hydrogen-bond donors (Lipinski definition) is 3. The van der Waals surface area contributed by atoms with Crippen molar-refractivity contribution in [1.82, 2.24) is 5.32 Å². The monoisotopic (exact) mass is 415 g/mol. The summed E-state index contributed by atoms with van der Waals surface area (Å²) in [7, 11) is 0. The third kappa shape index (κ3) is 5.71. The summed E-state index contributed by atoms with van der Waals surface area (Å²) in [6.45, 7) is 0.339. The third-order valence-corrected chi connectivity index (χ3v) is 5.87. The predicted molar refractivity (Wildman–Crippen MR) is 114 cm³/mol. The lowest BCUT2D eigenvalue weighted by atomic mass is 9.92. The number of aliphatic hydroxyl groups excluding tert-OH is 1. The Morgan fingerprint density at radius 2 is 1.86 bits per heavy atom. The summed E-state index contributed by atoms with van der Waals surface area (Å²) >= 11 is 1.65. The van der Waals surface area contributed by atoms with Gasteiger partial charge in [0, 0.05) is 35.3 Å². The molecule has 0 aliphatic heterocycles. The van der Waals surface area contributed by atoms with E-state index in [2.05, 4.69) is 10.6 Å². The molecule has 0 heterocycles. The van der Waals surface area contributed by atoms with Gasteiger partial charge >= 0.3 is 0 Å². The zero-order valence-electron chi connectivity index (χ0n) is 16.3. The van der Waals surface area contributed by atoms with Crippen molar-refractivity contribution in [1.29, 1.82) is 0 Å². The minimum Gasteiger partial charge on any atom is -0.393 e. The quantitative estimate of drug-likeness (QED) is 0.359. The molecule has 0 radical (unpaired) electrons. The number of hydrogen-bond acceptors (Lipinski definition) is 6. The Morgan fingerprint density at radius 1 is 1.17 bits per heavy atom. The summed E-state index contributed by atoms with van der Waals surface area (Å²) in [6, 6.07) is 12.3. The Hall–Kier alpha value is -2.58. The average Bonchev–Trinajstić information content (AvgIpc) is 2.74. The number of anilines is 1. The molecule has 8 heteroatoms. The Morgan fingerprint density at radius 3 is 2.48 bits per heavy atom. The molecule has 2 aromatic carbocycles. The first-order chi connectivity index (χ1) is 14.0. The van der Waals surface area contributed by atoms with Crippen LogP contribution in [-0.2, 0) is 6.54 Å². The zero-order valence-corrected chi connectivity index (χ0v) is 17.1. The molecule has 1 aliphatic carbocycles. The standard InChI is InChI=1S/C21H25N3O4S/c1-29-18-9-2-14(3-10-18)13-22-21(26)19-12-16(24(27)28)6-11-20(19)23-15-4-7-17(25)8-5-15/h2-3,6,9-12,15,17,23,25H,4-5,7-8,13H2,1H3,(H,22,26). The lowest BCUT2D eigenvalue weighted by Gasteiger charge is -2.27. The van der Waals surface area contributed by atoms with Crippen LogP contribution < -0.4 is 10.6 Å². The van der Waals surface area contributed by atoms with Crippen molar-refractivity contribution in [2.45, 2.75) is 49.3 Å². The highest BCUT2D eigenvalue weighted by atomic mass is 32.2. The number of amides is 1. The molecule has 0 unspecified atom stereocenters. The number of aliphatic hydroxyl groups is 1. The molecular weight excluding hydrogens is 390 g/mol. The molecule has 0 saturated heterocycles. The van der Waals surface area contributed by atoms with Crippen LogP contribution in [0.4, 0.5) is 11.4 Å². The second-order valence-corrected chi connectivity index (χ2v) is 8.05. The molecule has 1 aliphatic rings. The van der Waals surface area contributed by atoms with E-state index in [9.17, 15) is 20.0 Å². The van der Waals surface area contributed by atoms with Gasteiger partial charge < -0.3 is 15.7 Å². The van der Waals surface area contributed by atoms with Crippen LogP contribution in [0.3, 0.4) is 0 Å². The van der Waals surface area contributed by atoms with Gasteiger partial charge in [0.2, 0.25) is 0 Å². The summed E-state index contributed by atoms with van der Waals surface area (Å²) in [6.07, 6.45) is 4.73. The number of non-ortho nitro benzene ring substituents is 1. The van der Waals surface area contributed by atoms with Gasteiger partial charge in [-0.3, -0.25) is 14.9 Å². The molecular formula is C21H25N3O4S. The van der Waals surface area contributed by atoms with Crippen molar-refractivity contribution in [2.75, 3.05) is 11.6 Å². The van der Waals surface area contributed by atoms with Crippen molar-refractivity contribution in [3.8, 4) is 0 Å². The fraction of sp³-hybridized carbons (Fsp3) is 0.381. The van der Waals surface area contributed by atoms with E-state index < -0.39 is 4.92 Å². The van der Waals surface area contributed by atoms with E-state index in [1.54, 1.807) is 17.8 Å². The van der Waals surface area contributed by atoms with E-state index in [1.807, 2.05) is 30.5 Å². The van der Waals surface area contributed by atoms with Gasteiger partial charge in [0.25, 0.3) is 11.6 Å². The number of nitro benzene ring substituents is 1. The second-order valence-electron chi connectivity index (χ2n) is 7.17. The number of carbonyl (C=O) groups is 1. The number of nitro groups is 1. The van der Waals surface area contributed by atoms with Crippen LogP contribution in [0.1, 0.15) is 41.6 Å². The molecule has 1 amide bonds. The fourth-order valence-electron chi connectivity index (χ4n) is 3.42. The summed E-state index contributed by atoms with van der Waals surface area (Å²) in [4.78, 5) is 24.6. The molecule has 0 bridgehead atoms. The number of thioether (sulfide) groups is 1. The van der Waals surface area contributed by atoms with E-state index in [4.69, 9.17) is 0 Å². The second kappa shape index (κ2) is 9.76. The van der Waals surface area contributed by atoms with Gasteiger partial charge in [0.15, 0.2) is 0 Å². The molecule has 1 saturated carbocycles. The summed E-state index contributed by atoms with van der Waals surface area (Å²) in [5.41, 5.74) is 1.67. The van der Waals surface area contributed by atoms with Crippen LogP contribution in [-0.4, -0.2) is 34.3 Å². The van der Waals surface area contributed by atoms with E-state index in [0.717, 1.165) is 23.3 Å². The smallest absolute Gasteiger partial charge is 0.270 e. The lowest BCUT2D eigenvalue weighted by Crippen LogP contribution is -2.30. The Balaban J connectivity index is 1.74. The number of rotatable bonds is 7. The first-order valence-corrected chi connectivity index (χ1v) is 10.8. The Labute approximate surface area is 174 Å². The molecule has 3 N–H and O–H groups in total. The van der Waals surface area contributed by atoms with Gasteiger partial charge in [0.05, 0.1) is 16.6 Å². The van der Waals surface area contributed by atoms with Crippen molar-refractivity contribution in [2.24, 2.45) is 0 Å². The van der Waals surface area contributed by atoms with E-state index in [0.29, 0.717) is 25.1 Å². The topological polar surface area (TPSA) is 104 Å². The van der Waals surface area contributed by atoms with Gasteiger partial charge in [0.1, 0.15) is 0 Å². The van der Waals surface area contributed by atoms with Crippen molar-refractivity contribution >= 4 is 29.0 Å². The summed E-state index contributed by atoms with van der Waals surface area (Å²) in [5, 5.41) is 27.0. The summed E-state index contributed by atoms with van der Waals surface area (Å²) < 4.78 is 0. The van der Waals surface area contributed by atoms with Gasteiger partial charge in [-0.1, -0.05) is 12.1 Å². The Bertz CT molecular complexity index is 865. The van der Waals surface area contributed by atoms with Crippen LogP contribution >= 0.6 is 11.8 Å². The van der Waals surface area contributed by atoms with Gasteiger partial charge in [-0.05, 0) is 55.7 Å². The minimum atomic E-state index is -0.501. The average molecular weight is 416 g/mol. The molecule has 2 aromatic rings. The molecule has 154 valence electrons. The fourth-order valence-corrected chi connectivity index (χ4v) is 3.83. The number of nitrogens with one attached hydrogen (secondary N) is 2. The zero-order chi connectivity index (χ0) is 20.8. The Kier molecular flexibility index (Phi) is 7.11. The lowest BCUT2D eigenvalue weighted by molar-refractivity contribution is -0.384. The highest BCUT2D eigenvalue weighted by molar-refractivity contribution is 7.98. The molecule has 7 nitrogen and oxygen atoms in total. The predicted octanol–water partition coefficient (Wildman–Crippen LogP) is 3.96. The van der Waals surface area contributed by atoms with Gasteiger partial charge in [-0.2, -0.15) is 0 Å². The summed E-state index contributed by atoms with van der Waals surface area (Å²) in [5.74, 6) is -0.360. The highest BCUT2D eigenvalue weighted by Crippen LogP contribution is 2.27. The van der Waals surface area contributed by atoms with Crippen molar-refractivity contribution in [3.63, 3.8) is 0 Å². The van der Waals surface area contributed by atoms with E-state index in [-0.39, 0.29) is 29.3 Å². The van der Waals surface area contributed by atoms with E-state index >= 15 is 0 Å². The maximum absolute atomic E-state index is 12.8. The molecule has 0 atom stereocenters. The third-order valence-electron chi connectivity index (χ3n) is 5.13. The van der Waals surface area contributed by atoms with Gasteiger partial charge in [-0.25, -0.2) is 0 Å². The van der Waals surface area contributed by atoms with Crippen LogP contribution in [0.15, 0.2) is 47.4 Å². The highest BCUT2D eigenvalue weighted by Gasteiger charge is 2.22. The maximum atomic E-state index is 12.8. The maximum Gasteiger partial charge on any atom is 0.270 e. The van der Waals surface area contributed by atoms with Crippen molar-refractivity contribution in [3.05, 3.63) is 63.7 Å². The number of nitrogens with zero attached hydrogens (tertiary/aromatic N) is 1. The molecule has 3 rings (SSSR count). The van der Waals surface area contributed by atoms with Crippen LogP contribution in [0.5, 0.6) is 0 Å². The normalized spacial score (nSPS) is 18.8. The van der Waals surface area contributed by atoms with E-state index in [1.165, 1.54) is 12.1 Å². The minimum absolute atomic E-state index is 0.121. The first-order valence-electron chi connectivity index (χ1n) is 9.60. The molecule has 1 fully saturated rings. The van der Waals surface area contributed by atoms with Crippen LogP contribution in [0.25, 0.3) is 0 Å². The van der Waals surface area contributed by atoms with Crippen molar-refractivity contribution < 1.29 is 14.8 Å². The molecule has 0 aromatic heterocycles. The number of carbonyl (C=O) groups excluding carboxylic acids is 1. The molecule has 0 spiro atoms. The molecule has 29 heavy (non-hydrogen) atoms. The largest absolute Gasteiger partial charge is 0.393 e.